The van der Waals surface area contributed by atoms with Crippen LogP contribution in [0.1, 0.15) is 0 Å². The van der Waals surface area contributed by atoms with Crippen LogP contribution in [-0.4, -0.2) is 19.9 Å². The molecule has 0 N–H and O–H groups in total. The first-order valence-electron chi connectivity index (χ1n) is 8.31. The normalized spacial score (nSPS) is 24.1. The number of rotatable bonds is 5. The average molecular weight is 494 g/mol. The van der Waals surface area contributed by atoms with Gasteiger partial charge >= 0.3 is 34.1 Å². The average Bonchev–Trinajstić information content (AvgIpc) is 3.50. The summed E-state index contributed by atoms with van der Waals surface area (Å²) in [4.78, 5) is 0. The van der Waals surface area contributed by atoms with Gasteiger partial charge in [0.1, 0.15) is 0 Å². The van der Waals surface area contributed by atoms with E-state index in [9.17, 15) is 8.42 Å². The van der Waals surface area contributed by atoms with Crippen molar-refractivity contribution in [3.05, 3.63) is 126 Å². The van der Waals surface area contributed by atoms with E-state index >= 15 is 0 Å². The Morgan fingerprint density at radius 3 is 0.857 bits per heavy atom. The fraction of sp³-hybridized carbons (Fsp3) is 0.0909. The van der Waals surface area contributed by atoms with Crippen LogP contribution in [0.15, 0.2) is 0 Å². The van der Waals surface area contributed by atoms with Crippen molar-refractivity contribution in [2.75, 3.05) is 11.5 Å². The molecule has 0 aromatic heterocycles. The predicted molar refractivity (Wildman–Crippen MR) is 110 cm³/mol. The van der Waals surface area contributed by atoms with E-state index in [2.05, 4.69) is 0 Å². The third-order valence-corrected chi connectivity index (χ3v) is 6.36. The van der Waals surface area contributed by atoms with E-state index in [-0.39, 0.29) is 34.1 Å². The Hall–Kier alpha value is 1.34. The molecule has 6 heteroatoms. The molecule has 20 radical (unpaired) electrons. The second-order valence-electron chi connectivity index (χ2n) is 5.26. The minimum Gasteiger partial charge on any atom is -0.259 e. The fourth-order valence-electron chi connectivity index (χ4n) is 2.04. The van der Waals surface area contributed by atoms with Crippen LogP contribution < -0.4 is 0 Å². The SMILES string of the molecule is O=[S@@](CC[S@](=O)[C]1[CH][CH][CH][CH]1)[C]1[CH][CH][CH][CH]1.[CH]1[CH][CH][CH][CH]1.[CH]1[CH][CH][CH][CH]1.[Fe+2].[Fe+2]. The maximum Gasteiger partial charge on any atom is 2.00 e. The van der Waals surface area contributed by atoms with Crippen LogP contribution in [0.4, 0.5) is 0 Å². The van der Waals surface area contributed by atoms with Crippen molar-refractivity contribution in [1.82, 2.24) is 0 Å². The molecule has 0 aromatic rings. The van der Waals surface area contributed by atoms with Crippen molar-refractivity contribution in [2.45, 2.75) is 0 Å². The molecule has 0 heterocycles. The van der Waals surface area contributed by atoms with Gasteiger partial charge < -0.3 is 0 Å². The van der Waals surface area contributed by atoms with Gasteiger partial charge in [0, 0.05) is 33.1 Å². The molecule has 4 rings (SSSR count). The molecule has 4 fully saturated rings. The molecule has 4 aliphatic carbocycles. The van der Waals surface area contributed by atoms with E-state index in [0.717, 1.165) is 10.5 Å². The van der Waals surface area contributed by atoms with Gasteiger partial charge in [0.15, 0.2) is 0 Å². The third kappa shape index (κ3) is 12.9. The molecule has 0 unspecified atom stereocenters. The standard InChI is InChI=1S/C12H12O2S2.2C5H5.2Fe/c13-15(11-5-1-2-6-11)9-10-16(14)12-7-3-4-8-12;2*1-2-4-5-3-1;;/h1-8H,9-10H2;2*1-5H;;/q;;;2*+2/t15-,16-;;;;/m0..../s1. The molecule has 28 heavy (non-hydrogen) atoms. The molecule has 0 aromatic carbocycles. The van der Waals surface area contributed by atoms with Gasteiger partial charge in [0.25, 0.3) is 0 Å². The van der Waals surface area contributed by atoms with Gasteiger partial charge in [0.2, 0.25) is 0 Å². The summed E-state index contributed by atoms with van der Waals surface area (Å²) < 4.78 is 23.5. The zero-order valence-corrected chi connectivity index (χ0v) is 19.0. The molecule has 4 saturated carbocycles. The minimum atomic E-state index is -1.03. The number of hydrogen-bond donors (Lipinski definition) is 0. The van der Waals surface area contributed by atoms with Crippen molar-refractivity contribution in [2.24, 2.45) is 0 Å². The molecule has 2 nitrogen and oxygen atoms in total. The van der Waals surface area contributed by atoms with Crippen LogP contribution in [0.2, 0.25) is 0 Å². The number of hydrogen-bond acceptors (Lipinski definition) is 2. The zero-order valence-electron chi connectivity index (χ0n) is 15.1. The Bertz CT molecular complexity index is 348. The molecule has 0 bridgehead atoms. The van der Waals surface area contributed by atoms with Crippen molar-refractivity contribution < 1.29 is 42.6 Å². The van der Waals surface area contributed by atoms with Crippen LogP contribution in [-0.2, 0) is 55.7 Å². The van der Waals surface area contributed by atoms with Crippen molar-refractivity contribution >= 4 is 21.6 Å². The maximum atomic E-state index is 11.8. The van der Waals surface area contributed by atoms with Crippen molar-refractivity contribution in [3.63, 3.8) is 0 Å². The summed E-state index contributed by atoms with van der Waals surface area (Å²) in [5.74, 6) is 0.892. The Kier molecular flexibility index (Phi) is 20.0. The first kappa shape index (κ1) is 29.3. The summed E-state index contributed by atoms with van der Waals surface area (Å²) in [6, 6.07) is 0. The molecule has 0 saturated heterocycles. The molecule has 0 aliphatic heterocycles. The quantitative estimate of drug-likeness (QED) is 0.551. The van der Waals surface area contributed by atoms with Gasteiger partial charge in [-0.1, -0.05) is 0 Å². The monoisotopic (exact) mass is 494 g/mol. The van der Waals surface area contributed by atoms with Crippen LogP contribution in [0.25, 0.3) is 0 Å². The molecule has 0 amide bonds. The van der Waals surface area contributed by atoms with E-state index in [0.29, 0.717) is 11.5 Å². The van der Waals surface area contributed by atoms with Gasteiger partial charge in [-0.05, 0) is 116 Å². The van der Waals surface area contributed by atoms with Crippen molar-refractivity contribution in [3.8, 4) is 0 Å². The van der Waals surface area contributed by atoms with Crippen LogP contribution in [0.5, 0.6) is 0 Å². The topological polar surface area (TPSA) is 34.1 Å². The van der Waals surface area contributed by atoms with Crippen LogP contribution in [0, 0.1) is 126 Å². The van der Waals surface area contributed by atoms with Gasteiger partial charge in [-0.15, -0.1) is 0 Å². The minimum absolute atomic E-state index is 0. The third-order valence-electron chi connectivity index (χ3n) is 3.36. The molecule has 0 spiro atoms. The molecule has 146 valence electrons. The second kappa shape index (κ2) is 19.1. The van der Waals surface area contributed by atoms with Gasteiger partial charge in [0.05, 0.1) is 10.5 Å². The summed E-state index contributed by atoms with van der Waals surface area (Å²) in [7, 11) is -2.06. The Morgan fingerprint density at radius 1 is 0.429 bits per heavy atom. The summed E-state index contributed by atoms with van der Waals surface area (Å²) in [6.45, 7) is 0. The van der Waals surface area contributed by atoms with Crippen molar-refractivity contribution in [1.29, 1.82) is 0 Å². The van der Waals surface area contributed by atoms with E-state index in [1.807, 2.05) is 116 Å². The van der Waals surface area contributed by atoms with E-state index in [1.165, 1.54) is 0 Å². The Labute approximate surface area is 200 Å². The van der Waals surface area contributed by atoms with E-state index in [4.69, 9.17) is 0 Å². The van der Waals surface area contributed by atoms with E-state index in [1.54, 1.807) is 0 Å². The largest absolute Gasteiger partial charge is 2.00 e. The molecular weight excluding hydrogens is 472 g/mol. The van der Waals surface area contributed by atoms with Crippen LogP contribution in [0.3, 0.4) is 0 Å². The zero-order chi connectivity index (χ0) is 18.5. The summed E-state index contributed by atoms with van der Waals surface area (Å²) in [6.07, 6.45) is 34.8. The molecular formula is C22H22Fe2O2S2+4. The molecule has 4 aliphatic rings. The van der Waals surface area contributed by atoms with Gasteiger partial charge in [-0.2, -0.15) is 0 Å². The first-order chi connectivity index (χ1) is 12.8. The Balaban J connectivity index is 0.000000500. The predicted octanol–water partition coefficient (Wildman–Crippen LogP) is 3.25. The second-order valence-corrected chi connectivity index (χ2v) is 8.41. The smallest absolute Gasteiger partial charge is 0.259 e. The fourth-order valence-corrected chi connectivity index (χ4v) is 4.65. The van der Waals surface area contributed by atoms with Gasteiger partial charge in [-0.25, -0.2) is 0 Å². The molecule has 2 atom stereocenters. The van der Waals surface area contributed by atoms with E-state index < -0.39 is 21.6 Å². The van der Waals surface area contributed by atoms with Crippen LogP contribution >= 0.6 is 0 Å². The first-order valence-corrected chi connectivity index (χ1v) is 10.9. The summed E-state index contributed by atoms with van der Waals surface area (Å²) >= 11 is 0. The summed E-state index contributed by atoms with van der Waals surface area (Å²) in [5.41, 5.74) is 0. The Morgan fingerprint density at radius 2 is 0.643 bits per heavy atom. The summed E-state index contributed by atoms with van der Waals surface area (Å²) in [5, 5.41) is 1.64. The van der Waals surface area contributed by atoms with Gasteiger partial charge in [-0.3, -0.25) is 8.42 Å². The maximum absolute atomic E-state index is 11.8.